The van der Waals surface area contributed by atoms with Crippen LogP contribution in [-0.2, 0) is 9.31 Å². The van der Waals surface area contributed by atoms with E-state index in [1.807, 2.05) is 52.8 Å². The summed E-state index contributed by atoms with van der Waals surface area (Å²) in [5.41, 5.74) is 8.13. The average molecular weight is 270 g/mol. The smallest absolute Gasteiger partial charge is 0.399 e. The minimum Gasteiger partial charge on any atom is -0.399 e. The summed E-state index contributed by atoms with van der Waals surface area (Å²) in [6.45, 7) is 10.2. The van der Waals surface area contributed by atoms with E-state index >= 15 is 0 Å². The topological polar surface area (TPSA) is 44.5 Å². The fourth-order valence-electron chi connectivity index (χ4n) is 1.87. The van der Waals surface area contributed by atoms with Gasteiger partial charge in [-0.15, -0.1) is 12.4 Å². The van der Waals surface area contributed by atoms with Crippen molar-refractivity contribution in [1.82, 2.24) is 0 Å². The molecule has 0 aliphatic carbocycles. The Labute approximate surface area is 116 Å². The van der Waals surface area contributed by atoms with E-state index < -0.39 is 0 Å². The highest BCUT2D eigenvalue weighted by molar-refractivity contribution is 6.63. The van der Waals surface area contributed by atoms with Crippen LogP contribution in [0, 0.1) is 6.92 Å². The van der Waals surface area contributed by atoms with Crippen LogP contribution in [0.3, 0.4) is 0 Å². The molecule has 1 fully saturated rings. The quantitative estimate of drug-likeness (QED) is 0.628. The Morgan fingerprint density at radius 3 is 2.06 bits per heavy atom. The van der Waals surface area contributed by atoms with Crippen LogP contribution >= 0.6 is 12.4 Å². The maximum Gasteiger partial charge on any atom is 0.496 e. The van der Waals surface area contributed by atoms with E-state index in [4.69, 9.17) is 15.0 Å². The molecule has 100 valence electrons. The van der Waals surface area contributed by atoms with Crippen LogP contribution in [0.4, 0.5) is 5.69 Å². The molecule has 1 aliphatic rings. The molecule has 0 bridgehead atoms. The molecule has 1 aliphatic heterocycles. The fourth-order valence-corrected chi connectivity index (χ4v) is 1.87. The van der Waals surface area contributed by atoms with Crippen LogP contribution in [0.1, 0.15) is 33.3 Å². The lowest BCUT2D eigenvalue weighted by molar-refractivity contribution is 0.00578. The van der Waals surface area contributed by atoms with Gasteiger partial charge in [0, 0.05) is 11.2 Å². The number of nitrogens with two attached hydrogens (primary N) is 1. The second-order valence-electron chi connectivity index (χ2n) is 5.72. The average Bonchev–Trinajstić information content (AvgIpc) is 2.40. The predicted molar refractivity (Wildman–Crippen MR) is 78.6 cm³/mol. The minimum absolute atomic E-state index is 0. The van der Waals surface area contributed by atoms with Gasteiger partial charge in [0.1, 0.15) is 0 Å². The Morgan fingerprint density at radius 1 is 1.06 bits per heavy atom. The summed E-state index contributed by atoms with van der Waals surface area (Å²) in [5.74, 6) is 0. The normalized spacial score (nSPS) is 20.6. The summed E-state index contributed by atoms with van der Waals surface area (Å²) in [7, 11) is -0.375. The van der Waals surface area contributed by atoms with Gasteiger partial charge < -0.3 is 15.0 Å². The first-order valence-electron chi connectivity index (χ1n) is 5.95. The van der Waals surface area contributed by atoms with E-state index in [9.17, 15) is 0 Å². The van der Waals surface area contributed by atoms with Gasteiger partial charge >= 0.3 is 7.12 Å². The van der Waals surface area contributed by atoms with Gasteiger partial charge in [-0.25, -0.2) is 0 Å². The van der Waals surface area contributed by atoms with Crippen LogP contribution < -0.4 is 11.2 Å². The standard InChI is InChI=1S/C13H20BNO2.ClH/c1-9-6-7-11(15)10(8-9)14-16-12(2,3)13(4,5)17-14;/h6-8H,15H2,1-5H3;1H. The maximum atomic E-state index is 5.99. The highest BCUT2D eigenvalue weighted by Gasteiger charge is 2.52. The molecule has 1 aromatic carbocycles. The molecule has 0 aromatic heterocycles. The summed E-state index contributed by atoms with van der Waals surface area (Å²) in [6, 6.07) is 5.91. The van der Waals surface area contributed by atoms with Crippen molar-refractivity contribution >= 4 is 30.7 Å². The Bertz CT molecular complexity index is 433. The molecule has 2 rings (SSSR count). The third-order valence-corrected chi connectivity index (χ3v) is 3.75. The second-order valence-corrected chi connectivity index (χ2v) is 5.72. The van der Waals surface area contributed by atoms with Gasteiger partial charge in [-0.05, 0) is 40.7 Å². The molecule has 0 atom stereocenters. The van der Waals surface area contributed by atoms with E-state index in [1.54, 1.807) is 0 Å². The van der Waals surface area contributed by atoms with Gasteiger partial charge in [-0.3, -0.25) is 0 Å². The van der Waals surface area contributed by atoms with Crippen molar-refractivity contribution in [3.63, 3.8) is 0 Å². The van der Waals surface area contributed by atoms with Crippen molar-refractivity contribution in [1.29, 1.82) is 0 Å². The van der Waals surface area contributed by atoms with Crippen LogP contribution in [0.2, 0.25) is 0 Å². The van der Waals surface area contributed by atoms with Crippen LogP contribution in [0.5, 0.6) is 0 Å². The van der Waals surface area contributed by atoms with Crippen LogP contribution in [-0.4, -0.2) is 18.3 Å². The zero-order valence-electron chi connectivity index (χ0n) is 11.6. The highest BCUT2D eigenvalue weighted by atomic mass is 35.5. The van der Waals surface area contributed by atoms with Crippen LogP contribution in [0.25, 0.3) is 0 Å². The number of halogens is 1. The predicted octanol–water partition coefficient (Wildman–Crippen LogP) is 2.30. The lowest BCUT2D eigenvalue weighted by Gasteiger charge is -2.32. The molecule has 1 heterocycles. The molecular weight excluding hydrogens is 248 g/mol. The number of hydrogen-bond acceptors (Lipinski definition) is 3. The number of anilines is 1. The fraction of sp³-hybridized carbons (Fsp3) is 0.538. The summed E-state index contributed by atoms with van der Waals surface area (Å²) >= 11 is 0. The molecule has 0 radical (unpaired) electrons. The number of benzene rings is 1. The molecule has 2 N–H and O–H groups in total. The summed E-state index contributed by atoms with van der Waals surface area (Å²) in [6.07, 6.45) is 0. The second kappa shape index (κ2) is 4.76. The van der Waals surface area contributed by atoms with Crippen molar-refractivity contribution in [3.05, 3.63) is 23.8 Å². The molecule has 0 saturated carbocycles. The summed E-state index contributed by atoms with van der Waals surface area (Å²) in [5, 5.41) is 0. The summed E-state index contributed by atoms with van der Waals surface area (Å²) < 4.78 is 12.0. The molecular formula is C13H21BClNO2. The molecule has 3 nitrogen and oxygen atoms in total. The third kappa shape index (κ3) is 2.51. The van der Waals surface area contributed by atoms with Gasteiger partial charge in [-0.1, -0.05) is 17.7 Å². The Hall–Kier alpha value is -0.705. The lowest BCUT2D eigenvalue weighted by Crippen LogP contribution is -2.41. The first-order chi connectivity index (χ1) is 7.73. The minimum atomic E-state index is -0.375. The Morgan fingerprint density at radius 2 is 1.56 bits per heavy atom. The molecule has 0 spiro atoms. The number of rotatable bonds is 1. The first kappa shape index (κ1) is 15.4. The maximum absolute atomic E-state index is 5.99. The molecule has 0 unspecified atom stereocenters. The van der Waals surface area contributed by atoms with E-state index in [1.165, 1.54) is 0 Å². The first-order valence-corrected chi connectivity index (χ1v) is 5.95. The van der Waals surface area contributed by atoms with Crippen molar-refractivity contribution in [2.75, 3.05) is 5.73 Å². The van der Waals surface area contributed by atoms with Gasteiger partial charge in [0.05, 0.1) is 11.2 Å². The van der Waals surface area contributed by atoms with Crippen molar-refractivity contribution in [2.45, 2.75) is 45.8 Å². The third-order valence-electron chi connectivity index (χ3n) is 3.75. The molecule has 5 heteroatoms. The number of hydrogen-bond donors (Lipinski definition) is 1. The van der Waals surface area contributed by atoms with Gasteiger partial charge in [0.2, 0.25) is 0 Å². The SMILES string of the molecule is Cc1ccc(N)c(B2OC(C)(C)C(C)(C)O2)c1.Cl. The Balaban J connectivity index is 0.00000162. The summed E-state index contributed by atoms with van der Waals surface area (Å²) in [4.78, 5) is 0. The van der Waals surface area contributed by atoms with E-state index in [0.717, 1.165) is 11.0 Å². The van der Waals surface area contributed by atoms with Gasteiger partial charge in [0.15, 0.2) is 0 Å². The molecule has 18 heavy (non-hydrogen) atoms. The number of aryl methyl sites for hydroxylation is 1. The largest absolute Gasteiger partial charge is 0.496 e. The van der Waals surface area contributed by atoms with Crippen molar-refractivity contribution < 1.29 is 9.31 Å². The van der Waals surface area contributed by atoms with E-state index in [0.29, 0.717) is 5.69 Å². The zero-order chi connectivity index (χ0) is 12.8. The molecule has 1 aromatic rings. The number of nitrogen functional groups attached to an aromatic ring is 1. The Kier molecular flexibility index (Phi) is 4.06. The molecule has 1 saturated heterocycles. The zero-order valence-corrected chi connectivity index (χ0v) is 12.4. The van der Waals surface area contributed by atoms with Crippen molar-refractivity contribution in [2.24, 2.45) is 0 Å². The van der Waals surface area contributed by atoms with E-state index in [2.05, 4.69) is 0 Å². The van der Waals surface area contributed by atoms with Gasteiger partial charge in [0.25, 0.3) is 0 Å². The monoisotopic (exact) mass is 269 g/mol. The van der Waals surface area contributed by atoms with Crippen molar-refractivity contribution in [3.8, 4) is 0 Å². The van der Waals surface area contributed by atoms with E-state index in [-0.39, 0.29) is 30.7 Å². The highest BCUT2D eigenvalue weighted by Crippen LogP contribution is 2.36. The lowest BCUT2D eigenvalue weighted by atomic mass is 9.77. The van der Waals surface area contributed by atoms with Crippen LogP contribution in [0.15, 0.2) is 18.2 Å². The van der Waals surface area contributed by atoms with Gasteiger partial charge in [-0.2, -0.15) is 0 Å². The molecule has 0 amide bonds.